The van der Waals surface area contributed by atoms with Crippen molar-refractivity contribution >= 4 is 22.9 Å². The molecule has 32 heavy (non-hydrogen) atoms. The van der Waals surface area contributed by atoms with Crippen LogP contribution in [0.2, 0.25) is 0 Å². The molecule has 2 aliphatic rings. The lowest BCUT2D eigenvalue weighted by Crippen LogP contribution is -2.42. The number of carbonyl (C=O) groups is 2. The third kappa shape index (κ3) is 3.87. The largest absolute Gasteiger partial charge is 0.466 e. The van der Waals surface area contributed by atoms with Crippen LogP contribution in [-0.2, 0) is 23.1 Å². The van der Waals surface area contributed by atoms with Crippen molar-refractivity contribution in [3.63, 3.8) is 0 Å². The number of benzene rings is 1. The molecule has 1 saturated heterocycles. The number of allylic oxidation sites excluding steroid dienone is 2. The van der Waals surface area contributed by atoms with Crippen LogP contribution in [0.25, 0.3) is 10.9 Å². The summed E-state index contributed by atoms with van der Waals surface area (Å²) >= 11 is 0. The number of esters is 1. The lowest BCUT2D eigenvalue weighted by Gasteiger charge is -2.28. The summed E-state index contributed by atoms with van der Waals surface area (Å²) in [7, 11) is 2.03. The zero-order valence-corrected chi connectivity index (χ0v) is 19.3. The molecule has 1 aromatic heterocycles. The van der Waals surface area contributed by atoms with Gasteiger partial charge in [-0.15, -0.1) is 0 Å². The Hall–Kier alpha value is -3.22. The standard InChI is InChI=1S/C25H32N4O3/c1-5-9-19(14-22(30)32-6-2)29-21-12-8-13-26-24(21)28(25(29)31)16-18-15-27(4)20-11-7-10-17(3)23(18)20/h7-8,10-13,15,19,24,26H,5-6,9,14,16H2,1-4H3/t19-,24?/m0/s1. The first-order chi connectivity index (χ1) is 15.5. The molecule has 0 spiro atoms. The van der Waals surface area contributed by atoms with Gasteiger partial charge in [-0.2, -0.15) is 0 Å². The van der Waals surface area contributed by atoms with E-state index in [0.29, 0.717) is 13.2 Å². The molecule has 0 saturated carbocycles. The van der Waals surface area contributed by atoms with Crippen molar-refractivity contribution in [1.29, 1.82) is 0 Å². The van der Waals surface area contributed by atoms with Crippen LogP contribution in [-0.4, -0.2) is 45.2 Å². The van der Waals surface area contributed by atoms with Gasteiger partial charge in [0.1, 0.15) is 6.17 Å². The van der Waals surface area contributed by atoms with Gasteiger partial charge in [-0.25, -0.2) is 4.79 Å². The van der Waals surface area contributed by atoms with Crippen LogP contribution in [0.4, 0.5) is 4.79 Å². The smallest absolute Gasteiger partial charge is 0.326 e. The van der Waals surface area contributed by atoms with E-state index in [1.165, 1.54) is 10.9 Å². The van der Waals surface area contributed by atoms with Crippen molar-refractivity contribution in [3.8, 4) is 0 Å². The van der Waals surface area contributed by atoms with Gasteiger partial charge in [0, 0.05) is 30.2 Å². The fraction of sp³-hybridized carbons (Fsp3) is 0.440. The molecular formula is C25H32N4O3. The SMILES string of the molecule is CCC[C@@H](CC(=O)OCC)N1C(=O)N(Cc2cn(C)c3cccc(C)c23)C2NC=CC=C21. The Kier molecular flexibility index (Phi) is 6.26. The lowest BCUT2D eigenvalue weighted by atomic mass is 10.1. The number of hydrogen-bond acceptors (Lipinski definition) is 4. The normalized spacial score (nSPS) is 18.6. The van der Waals surface area contributed by atoms with Gasteiger partial charge in [0.2, 0.25) is 0 Å². The molecule has 170 valence electrons. The summed E-state index contributed by atoms with van der Waals surface area (Å²) in [5, 5.41) is 4.54. The number of nitrogens with zero attached hydrogens (tertiary/aromatic N) is 3. The van der Waals surface area contributed by atoms with E-state index in [9.17, 15) is 9.59 Å². The van der Waals surface area contributed by atoms with Gasteiger partial charge in [0.15, 0.2) is 0 Å². The average molecular weight is 437 g/mol. The molecule has 4 rings (SSSR count). The summed E-state index contributed by atoms with van der Waals surface area (Å²) in [5.41, 5.74) is 4.35. The van der Waals surface area contributed by atoms with Crippen LogP contribution >= 0.6 is 0 Å². The predicted molar refractivity (Wildman–Crippen MR) is 125 cm³/mol. The molecule has 1 unspecified atom stereocenters. The van der Waals surface area contributed by atoms with Gasteiger partial charge in [-0.05, 0) is 55.8 Å². The summed E-state index contributed by atoms with van der Waals surface area (Å²) in [6, 6.07) is 5.96. The molecule has 3 heterocycles. The second-order valence-electron chi connectivity index (χ2n) is 8.49. The highest BCUT2D eigenvalue weighted by Crippen LogP contribution is 2.34. The monoisotopic (exact) mass is 436 g/mol. The zero-order chi connectivity index (χ0) is 22.8. The van der Waals surface area contributed by atoms with Crippen molar-refractivity contribution in [1.82, 2.24) is 19.7 Å². The zero-order valence-electron chi connectivity index (χ0n) is 19.3. The molecule has 2 atom stereocenters. The molecule has 0 radical (unpaired) electrons. The van der Waals surface area contributed by atoms with Gasteiger partial charge in [0.05, 0.1) is 25.3 Å². The van der Waals surface area contributed by atoms with E-state index in [1.54, 1.807) is 11.8 Å². The van der Waals surface area contributed by atoms with E-state index >= 15 is 0 Å². The summed E-state index contributed by atoms with van der Waals surface area (Å²) in [5.74, 6) is -0.265. The number of ether oxygens (including phenoxy) is 1. The topological polar surface area (TPSA) is 66.8 Å². The first-order valence-electron chi connectivity index (χ1n) is 11.4. The maximum Gasteiger partial charge on any atom is 0.326 e. The van der Waals surface area contributed by atoms with Crippen LogP contribution in [0.15, 0.2) is 48.4 Å². The quantitative estimate of drug-likeness (QED) is 0.631. The number of urea groups is 1. The van der Waals surface area contributed by atoms with Crippen LogP contribution in [0, 0.1) is 6.92 Å². The van der Waals surface area contributed by atoms with Crippen LogP contribution in [0.3, 0.4) is 0 Å². The first-order valence-corrected chi connectivity index (χ1v) is 11.4. The number of nitrogens with one attached hydrogen (secondary N) is 1. The van der Waals surface area contributed by atoms with E-state index in [4.69, 9.17) is 4.74 Å². The van der Waals surface area contributed by atoms with Crippen molar-refractivity contribution in [2.45, 2.75) is 58.8 Å². The van der Waals surface area contributed by atoms with Gasteiger partial charge < -0.3 is 14.6 Å². The average Bonchev–Trinajstić information content (AvgIpc) is 3.23. The fourth-order valence-corrected chi connectivity index (χ4v) is 4.92. The molecule has 1 fully saturated rings. The number of aromatic nitrogens is 1. The summed E-state index contributed by atoms with van der Waals surface area (Å²) in [6.45, 7) is 6.80. The highest BCUT2D eigenvalue weighted by molar-refractivity contribution is 5.88. The summed E-state index contributed by atoms with van der Waals surface area (Å²) in [6.07, 6.45) is 9.41. The van der Waals surface area contributed by atoms with Gasteiger partial charge >= 0.3 is 12.0 Å². The van der Waals surface area contributed by atoms with Gasteiger partial charge in [-0.3, -0.25) is 14.6 Å². The van der Waals surface area contributed by atoms with Crippen molar-refractivity contribution in [3.05, 3.63) is 59.6 Å². The molecule has 1 N–H and O–H groups in total. The first kappa shape index (κ1) is 22.0. The van der Waals surface area contributed by atoms with Crippen LogP contribution < -0.4 is 5.32 Å². The van der Waals surface area contributed by atoms with Crippen molar-refractivity contribution < 1.29 is 14.3 Å². The molecule has 7 heteroatoms. The van der Waals surface area contributed by atoms with E-state index < -0.39 is 0 Å². The molecule has 2 amide bonds. The van der Waals surface area contributed by atoms with Gasteiger partial charge in [0.25, 0.3) is 0 Å². The van der Waals surface area contributed by atoms with E-state index in [0.717, 1.165) is 29.6 Å². The Morgan fingerprint density at radius 3 is 2.84 bits per heavy atom. The predicted octanol–water partition coefficient (Wildman–Crippen LogP) is 4.17. The van der Waals surface area contributed by atoms with Crippen molar-refractivity contribution in [2.75, 3.05) is 6.61 Å². The highest BCUT2D eigenvalue weighted by atomic mass is 16.5. The molecule has 0 aliphatic carbocycles. The van der Waals surface area contributed by atoms with Crippen molar-refractivity contribution in [2.24, 2.45) is 7.05 Å². The number of fused-ring (bicyclic) bond motifs is 2. The summed E-state index contributed by atoms with van der Waals surface area (Å²) in [4.78, 5) is 29.7. The number of rotatable bonds is 8. The van der Waals surface area contributed by atoms with E-state index in [-0.39, 0.29) is 30.6 Å². The Bertz CT molecular complexity index is 1080. The maximum absolute atomic E-state index is 13.7. The summed E-state index contributed by atoms with van der Waals surface area (Å²) < 4.78 is 7.31. The maximum atomic E-state index is 13.7. The molecule has 7 nitrogen and oxygen atoms in total. The second kappa shape index (κ2) is 9.10. The molecule has 1 aromatic carbocycles. The molecule has 2 aromatic rings. The minimum Gasteiger partial charge on any atom is -0.466 e. The molecule has 2 aliphatic heterocycles. The third-order valence-electron chi connectivity index (χ3n) is 6.28. The second-order valence-corrected chi connectivity index (χ2v) is 8.49. The fourth-order valence-electron chi connectivity index (χ4n) is 4.92. The number of amides is 2. The van der Waals surface area contributed by atoms with E-state index in [1.807, 2.05) is 30.3 Å². The Morgan fingerprint density at radius 2 is 2.09 bits per heavy atom. The molecule has 0 bridgehead atoms. The third-order valence-corrected chi connectivity index (χ3v) is 6.28. The van der Waals surface area contributed by atoms with Crippen LogP contribution in [0.5, 0.6) is 0 Å². The number of carbonyl (C=O) groups excluding carboxylic acids is 2. The minimum absolute atomic E-state index is 0.0780. The van der Waals surface area contributed by atoms with Crippen LogP contribution in [0.1, 0.15) is 44.2 Å². The number of hydrogen-bond donors (Lipinski definition) is 1. The Morgan fingerprint density at radius 1 is 1.28 bits per heavy atom. The van der Waals surface area contributed by atoms with E-state index in [2.05, 4.69) is 48.1 Å². The Labute approximate surface area is 189 Å². The minimum atomic E-state index is -0.265. The highest BCUT2D eigenvalue weighted by Gasteiger charge is 2.45. The number of dihydropyridines is 1. The molecular weight excluding hydrogens is 404 g/mol. The van der Waals surface area contributed by atoms with Gasteiger partial charge in [-0.1, -0.05) is 25.5 Å². The lowest BCUT2D eigenvalue weighted by molar-refractivity contribution is -0.144. The Balaban J connectivity index is 1.68. The number of aryl methyl sites for hydroxylation is 2.